The van der Waals surface area contributed by atoms with Crippen molar-refractivity contribution in [2.24, 2.45) is 0 Å². The van der Waals surface area contributed by atoms with Gasteiger partial charge in [0.1, 0.15) is 0 Å². The molecule has 0 fully saturated rings. The highest BCUT2D eigenvalue weighted by molar-refractivity contribution is 5.10. The Bertz CT molecular complexity index is 223. The average molecular weight is 165 g/mol. The van der Waals surface area contributed by atoms with Crippen molar-refractivity contribution in [2.75, 3.05) is 0 Å². The Kier molecular flexibility index (Phi) is 3.39. The van der Waals surface area contributed by atoms with E-state index in [1.165, 1.54) is 25.1 Å². The molecule has 0 aromatic carbocycles. The van der Waals surface area contributed by atoms with Crippen LogP contribution >= 0.6 is 0 Å². The van der Waals surface area contributed by atoms with Crippen molar-refractivity contribution in [2.45, 2.75) is 46.1 Å². The summed E-state index contributed by atoms with van der Waals surface area (Å²) in [5, 5.41) is 0. The lowest BCUT2D eigenvalue weighted by molar-refractivity contribution is 0.594. The second kappa shape index (κ2) is 4.34. The SMILES string of the molecule is CCCCn1cccc1C(C)C. The predicted octanol–water partition coefficient (Wildman–Crippen LogP) is 3.41. The molecule has 12 heavy (non-hydrogen) atoms. The summed E-state index contributed by atoms with van der Waals surface area (Å²) in [6.07, 6.45) is 4.75. The fourth-order valence-electron chi connectivity index (χ4n) is 1.48. The second-order valence-electron chi connectivity index (χ2n) is 3.63. The predicted molar refractivity (Wildman–Crippen MR) is 53.4 cm³/mol. The maximum atomic E-state index is 2.37. The van der Waals surface area contributed by atoms with Crippen molar-refractivity contribution in [1.82, 2.24) is 4.57 Å². The largest absolute Gasteiger partial charge is 0.351 e. The molecule has 1 aromatic heterocycles. The van der Waals surface area contributed by atoms with E-state index in [-0.39, 0.29) is 0 Å². The molecule has 0 amide bonds. The molecular formula is C11H19N. The summed E-state index contributed by atoms with van der Waals surface area (Å²) in [5.74, 6) is 0.650. The first-order valence-corrected chi connectivity index (χ1v) is 4.90. The molecular weight excluding hydrogens is 146 g/mol. The van der Waals surface area contributed by atoms with Gasteiger partial charge in [-0.05, 0) is 24.5 Å². The Labute approximate surface area is 75.4 Å². The standard InChI is InChI=1S/C11H19N/c1-4-5-8-12-9-6-7-11(12)10(2)3/h6-7,9-10H,4-5,8H2,1-3H3. The number of unbranched alkanes of at least 4 members (excludes halogenated alkanes) is 1. The van der Waals surface area contributed by atoms with Crippen LogP contribution in [-0.4, -0.2) is 4.57 Å². The van der Waals surface area contributed by atoms with Crippen molar-refractivity contribution >= 4 is 0 Å². The van der Waals surface area contributed by atoms with Gasteiger partial charge in [-0.2, -0.15) is 0 Å². The molecule has 0 unspecified atom stereocenters. The first-order chi connectivity index (χ1) is 5.75. The lowest BCUT2D eigenvalue weighted by atomic mass is 10.1. The van der Waals surface area contributed by atoms with Crippen LogP contribution in [0.1, 0.15) is 45.2 Å². The van der Waals surface area contributed by atoms with Gasteiger partial charge < -0.3 is 4.57 Å². The summed E-state index contributed by atoms with van der Waals surface area (Å²) >= 11 is 0. The molecule has 1 nitrogen and oxygen atoms in total. The summed E-state index contributed by atoms with van der Waals surface area (Å²) in [6.45, 7) is 7.91. The summed E-state index contributed by atoms with van der Waals surface area (Å²) < 4.78 is 2.37. The zero-order valence-electron chi connectivity index (χ0n) is 8.38. The summed E-state index contributed by atoms with van der Waals surface area (Å²) in [5.41, 5.74) is 1.46. The lowest BCUT2D eigenvalue weighted by Gasteiger charge is -2.10. The van der Waals surface area contributed by atoms with Gasteiger partial charge in [-0.3, -0.25) is 0 Å². The molecule has 0 spiro atoms. The van der Waals surface area contributed by atoms with Gasteiger partial charge in [-0.1, -0.05) is 27.2 Å². The highest BCUT2D eigenvalue weighted by atomic mass is 15.0. The molecule has 0 bridgehead atoms. The minimum atomic E-state index is 0.650. The number of hydrogen-bond donors (Lipinski definition) is 0. The van der Waals surface area contributed by atoms with E-state index in [1.54, 1.807) is 0 Å². The molecule has 0 atom stereocenters. The van der Waals surface area contributed by atoms with Gasteiger partial charge in [0.05, 0.1) is 0 Å². The Balaban J connectivity index is 2.64. The molecule has 0 aliphatic rings. The van der Waals surface area contributed by atoms with E-state index in [0.717, 1.165) is 0 Å². The van der Waals surface area contributed by atoms with Gasteiger partial charge >= 0.3 is 0 Å². The van der Waals surface area contributed by atoms with Crippen LogP contribution in [0.2, 0.25) is 0 Å². The third kappa shape index (κ3) is 2.13. The maximum absolute atomic E-state index is 2.37. The summed E-state index contributed by atoms with van der Waals surface area (Å²) in [4.78, 5) is 0. The number of rotatable bonds is 4. The van der Waals surface area contributed by atoms with Gasteiger partial charge in [-0.15, -0.1) is 0 Å². The third-order valence-corrected chi connectivity index (χ3v) is 2.21. The van der Waals surface area contributed by atoms with E-state index in [4.69, 9.17) is 0 Å². The smallest absolute Gasteiger partial charge is 0.0222 e. The zero-order chi connectivity index (χ0) is 8.97. The fourth-order valence-corrected chi connectivity index (χ4v) is 1.48. The minimum Gasteiger partial charge on any atom is -0.351 e. The molecule has 0 saturated carbocycles. The topological polar surface area (TPSA) is 4.93 Å². The van der Waals surface area contributed by atoms with Crippen molar-refractivity contribution in [3.63, 3.8) is 0 Å². The Morgan fingerprint density at radius 1 is 1.42 bits per heavy atom. The van der Waals surface area contributed by atoms with Crippen LogP contribution in [0, 0.1) is 0 Å². The van der Waals surface area contributed by atoms with Crippen LogP contribution in [0.15, 0.2) is 18.3 Å². The maximum Gasteiger partial charge on any atom is 0.0222 e. The molecule has 0 saturated heterocycles. The van der Waals surface area contributed by atoms with Crippen LogP contribution in [0.3, 0.4) is 0 Å². The fraction of sp³-hybridized carbons (Fsp3) is 0.636. The second-order valence-corrected chi connectivity index (χ2v) is 3.63. The molecule has 0 N–H and O–H groups in total. The van der Waals surface area contributed by atoms with E-state index in [9.17, 15) is 0 Å². The molecule has 0 aliphatic carbocycles. The highest BCUT2D eigenvalue weighted by Crippen LogP contribution is 2.15. The normalized spacial score (nSPS) is 11.0. The summed E-state index contributed by atoms with van der Waals surface area (Å²) in [7, 11) is 0. The van der Waals surface area contributed by atoms with E-state index in [1.807, 2.05) is 0 Å². The lowest BCUT2D eigenvalue weighted by Crippen LogP contribution is -2.02. The number of hydrogen-bond acceptors (Lipinski definition) is 0. The molecule has 1 aromatic rings. The number of nitrogens with zero attached hydrogens (tertiary/aromatic N) is 1. The highest BCUT2D eigenvalue weighted by Gasteiger charge is 2.03. The number of aromatic nitrogens is 1. The minimum absolute atomic E-state index is 0.650. The van der Waals surface area contributed by atoms with E-state index >= 15 is 0 Å². The molecule has 0 aliphatic heterocycles. The Morgan fingerprint density at radius 3 is 2.75 bits per heavy atom. The van der Waals surface area contributed by atoms with Crippen LogP contribution < -0.4 is 0 Å². The van der Waals surface area contributed by atoms with Crippen molar-refractivity contribution in [3.8, 4) is 0 Å². The quantitative estimate of drug-likeness (QED) is 0.644. The Hall–Kier alpha value is -0.720. The van der Waals surface area contributed by atoms with Crippen LogP contribution in [-0.2, 0) is 6.54 Å². The van der Waals surface area contributed by atoms with E-state index < -0.39 is 0 Å². The van der Waals surface area contributed by atoms with Crippen molar-refractivity contribution < 1.29 is 0 Å². The van der Waals surface area contributed by atoms with Crippen molar-refractivity contribution in [1.29, 1.82) is 0 Å². The Morgan fingerprint density at radius 2 is 2.17 bits per heavy atom. The van der Waals surface area contributed by atoms with Crippen molar-refractivity contribution in [3.05, 3.63) is 24.0 Å². The number of aryl methyl sites for hydroxylation is 1. The molecule has 1 heterocycles. The first kappa shape index (κ1) is 9.37. The third-order valence-electron chi connectivity index (χ3n) is 2.21. The van der Waals surface area contributed by atoms with Gasteiger partial charge in [0, 0.05) is 18.4 Å². The molecule has 1 heteroatoms. The molecule has 68 valence electrons. The van der Waals surface area contributed by atoms with E-state index in [0.29, 0.717) is 5.92 Å². The van der Waals surface area contributed by atoms with Crippen LogP contribution in [0.25, 0.3) is 0 Å². The van der Waals surface area contributed by atoms with Gasteiger partial charge in [0.15, 0.2) is 0 Å². The first-order valence-electron chi connectivity index (χ1n) is 4.90. The average Bonchev–Trinajstić information content (AvgIpc) is 2.48. The zero-order valence-corrected chi connectivity index (χ0v) is 8.38. The molecule has 0 radical (unpaired) electrons. The van der Waals surface area contributed by atoms with Gasteiger partial charge in [0.25, 0.3) is 0 Å². The monoisotopic (exact) mass is 165 g/mol. The van der Waals surface area contributed by atoms with Crippen LogP contribution in [0.5, 0.6) is 0 Å². The van der Waals surface area contributed by atoms with E-state index in [2.05, 4.69) is 43.7 Å². The van der Waals surface area contributed by atoms with Gasteiger partial charge in [0.2, 0.25) is 0 Å². The van der Waals surface area contributed by atoms with Gasteiger partial charge in [-0.25, -0.2) is 0 Å². The summed E-state index contributed by atoms with van der Waals surface area (Å²) in [6, 6.07) is 4.37. The molecule has 1 rings (SSSR count). The van der Waals surface area contributed by atoms with Crippen LogP contribution in [0.4, 0.5) is 0 Å².